The third kappa shape index (κ3) is 5.06. The van der Waals surface area contributed by atoms with Gasteiger partial charge in [0.2, 0.25) is 15.9 Å². The highest BCUT2D eigenvalue weighted by Crippen LogP contribution is 2.27. The molecule has 0 spiro atoms. The Balaban J connectivity index is 1.16. The van der Waals surface area contributed by atoms with Crippen LogP contribution in [-0.4, -0.2) is 41.1 Å². The average Bonchev–Trinajstić information content (AvgIpc) is 3.42. The van der Waals surface area contributed by atoms with Gasteiger partial charge in [-0.1, -0.05) is 30.3 Å². The molecule has 0 aliphatic carbocycles. The second-order valence-electron chi connectivity index (χ2n) is 8.61. The molecule has 2 aromatic heterocycles. The first-order chi connectivity index (χ1) is 16.5. The number of piperidine rings is 1. The Hall–Kier alpha value is -3.01. The zero-order valence-corrected chi connectivity index (χ0v) is 20.3. The van der Waals surface area contributed by atoms with Crippen molar-refractivity contribution in [3.63, 3.8) is 0 Å². The quantitative estimate of drug-likeness (QED) is 0.417. The number of nitrogens with zero attached hydrogens (tertiary/aromatic N) is 3. The molecule has 1 aliphatic heterocycles. The summed E-state index contributed by atoms with van der Waals surface area (Å²) in [5, 5.41) is 4.76. The number of hydrogen-bond donors (Lipinski definition) is 1. The van der Waals surface area contributed by atoms with Gasteiger partial charge in [0.15, 0.2) is 4.96 Å². The number of carbonyl (C=O) groups excluding carboxylic acids is 1. The molecule has 3 heterocycles. The highest BCUT2D eigenvalue weighted by atomic mass is 32.2. The van der Waals surface area contributed by atoms with Crippen LogP contribution in [0.15, 0.2) is 77.3 Å². The van der Waals surface area contributed by atoms with E-state index in [0.717, 1.165) is 24.2 Å². The van der Waals surface area contributed by atoms with E-state index in [9.17, 15) is 13.2 Å². The Bertz CT molecular complexity index is 1340. The summed E-state index contributed by atoms with van der Waals surface area (Å²) in [6, 6.07) is 16.8. The van der Waals surface area contributed by atoms with Gasteiger partial charge in [-0.05, 0) is 55.0 Å². The lowest BCUT2D eigenvalue weighted by molar-refractivity contribution is -0.115. The third-order valence-corrected chi connectivity index (χ3v) is 8.88. The van der Waals surface area contributed by atoms with Crippen molar-refractivity contribution >= 4 is 37.9 Å². The molecule has 0 radical (unpaired) electrons. The molecule has 0 atom stereocenters. The summed E-state index contributed by atoms with van der Waals surface area (Å²) in [5.41, 5.74) is 2.56. The van der Waals surface area contributed by atoms with E-state index in [0.29, 0.717) is 30.4 Å². The van der Waals surface area contributed by atoms with E-state index >= 15 is 0 Å². The third-order valence-electron chi connectivity index (χ3n) is 6.20. The highest BCUT2D eigenvalue weighted by Gasteiger charge is 2.29. The van der Waals surface area contributed by atoms with Gasteiger partial charge in [0.25, 0.3) is 0 Å². The van der Waals surface area contributed by atoms with Crippen molar-refractivity contribution in [2.24, 2.45) is 5.92 Å². The van der Waals surface area contributed by atoms with Crippen LogP contribution in [0.4, 0.5) is 5.69 Å². The normalized spacial score (nSPS) is 15.5. The molecule has 1 N–H and O–H groups in total. The van der Waals surface area contributed by atoms with E-state index < -0.39 is 10.0 Å². The second-order valence-corrected chi connectivity index (χ2v) is 11.4. The molecule has 0 bridgehead atoms. The van der Waals surface area contributed by atoms with Crippen LogP contribution >= 0.6 is 11.3 Å². The minimum absolute atomic E-state index is 0.159. The van der Waals surface area contributed by atoms with Gasteiger partial charge < -0.3 is 5.32 Å². The van der Waals surface area contributed by atoms with Crippen LogP contribution < -0.4 is 5.32 Å². The molecule has 9 heteroatoms. The van der Waals surface area contributed by atoms with E-state index in [1.54, 1.807) is 28.6 Å². The van der Waals surface area contributed by atoms with Crippen molar-refractivity contribution in [3.8, 4) is 0 Å². The first kappa shape index (κ1) is 22.8. The summed E-state index contributed by atoms with van der Waals surface area (Å²) in [6.07, 6.45) is 6.60. The number of carbonyl (C=O) groups is 1. The fourth-order valence-corrected chi connectivity index (χ4v) is 6.58. The fraction of sp³-hybridized carbons (Fsp3) is 0.280. The molecule has 0 unspecified atom stereocenters. The molecule has 176 valence electrons. The van der Waals surface area contributed by atoms with Crippen molar-refractivity contribution in [1.29, 1.82) is 0 Å². The first-order valence-corrected chi connectivity index (χ1v) is 13.6. The van der Waals surface area contributed by atoms with E-state index in [2.05, 4.69) is 22.4 Å². The van der Waals surface area contributed by atoms with Gasteiger partial charge in [0, 0.05) is 36.6 Å². The van der Waals surface area contributed by atoms with Crippen molar-refractivity contribution in [1.82, 2.24) is 13.7 Å². The van der Waals surface area contributed by atoms with Gasteiger partial charge in [-0.2, -0.15) is 4.31 Å². The number of benzene rings is 2. The van der Waals surface area contributed by atoms with Crippen molar-refractivity contribution < 1.29 is 13.2 Å². The summed E-state index contributed by atoms with van der Waals surface area (Å²) in [6.45, 7) is 1.06. The van der Waals surface area contributed by atoms with Crippen LogP contribution in [0.3, 0.4) is 0 Å². The van der Waals surface area contributed by atoms with Gasteiger partial charge >= 0.3 is 0 Å². The minimum Gasteiger partial charge on any atom is -0.326 e. The second kappa shape index (κ2) is 9.69. The molecule has 1 aliphatic rings. The van der Waals surface area contributed by atoms with Crippen molar-refractivity contribution in [3.05, 3.63) is 83.6 Å². The monoisotopic (exact) mass is 494 g/mol. The molecule has 1 saturated heterocycles. The number of thiazole rings is 1. The Morgan fingerprint density at radius 3 is 2.50 bits per heavy atom. The Kier molecular flexibility index (Phi) is 6.49. The maximum absolute atomic E-state index is 13.1. The van der Waals surface area contributed by atoms with E-state index in [1.807, 2.05) is 40.4 Å². The van der Waals surface area contributed by atoms with Crippen LogP contribution in [0.5, 0.6) is 0 Å². The van der Waals surface area contributed by atoms with Crippen LogP contribution in [0, 0.1) is 5.92 Å². The predicted octanol–water partition coefficient (Wildman–Crippen LogP) is 4.22. The highest BCUT2D eigenvalue weighted by molar-refractivity contribution is 7.89. The molecule has 1 fully saturated rings. The van der Waals surface area contributed by atoms with Gasteiger partial charge in [-0.25, -0.2) is 13.4 Å². The maximum Gasteiger partial charge on any atom is 0.243 e. The van der Waals surface area contributed by atoms with Gasteiger partial charge in [-0.15, -0.1) is 11.3 Å². The number of amides is 1. The molecule has 0 saturated carbocycles. The van der Waals surface area contributed by atoms with Crippen LogP contribution in [0.1, 0.15) is 24.1 Å². The number of hydrogen-bond acceptors (Lipinski definition) is 5. The minimum atomic E-state index is -3.55. The average molecular weight is 495 g/mol. The summed E-state index contributed by atoms with van der Waals surface area (Å²) in [4.78, 5) is 17.9. The zero-order valence-electron chi connectivity index (χ0n) is 18.6. The van der Waals surface area contributed by atoms with Crippen molar-refractivity contribution in [2.75, 3.05) is 18.4 Å². The van der Waals surface area contributed by atoms with Gasteiger partial charge in [-0.3, -0.25) is 9.20 Å². The number of anilines is 1. The lowest BCUT2D eigenvalue weighted by atomic mass is 9.91. The van der Waals surface area contributed by atoms with E-state index in [-0.39, 0.29) is 17.2 Å². The molecule has 5 rings (SSSR count). The molecule has 7 nitrogen and oxygen atoms in total. The summed E-state index contributed by atoms with van der Waals surface area (Å²) < 4.78 is 29.7. The zero-order chi connectivity index (χ0) is 23.5. The summed E-state index contributed by atoms with van der Waals surface area (Å²) in [7, 11) is -3.55. The Morgan fingerprint density at radius 1 is 1.06 bits per heavy atom. The predicted molar refractivity (Wildman–Crippen MR) is 133 cm³/mol. The molecule has 34 heavy (non-hydrogen) atoms. The number of sulfonamides is 1. The summed E-state index contributed by atoms with van der Waals surface area (Å²) >= 11 is 1.51. The van der Waals surface area contributed by atoms with Gasteiger partial charge in [0.05, 0.1) is 17.0 Å². The number of fused-ring (bicyclic) bond motifs is 1. The van der Waals surface area contributed by atoms with Gasteiger partial charge in [0.1, 0.15) is 0 Å². The van der Waals surface area contributed by atoms with Crippen LogP contribution in [-0.2, 0) is 27.7 Å². The SMILES string of the molecule is O=C(Cc1cn2ccsc2n1)Nc1ccc(S(=O)(=O)N2CCC(Cc3ccccc3)CC2)cc1. The molecular weight excluding hydrogens is 468 g/mol. The summed E-state index contributed by atoms with van der Waals surface area (Å²) in [5.74, 6) is 0.305. The van der Waals surface area contributed by atoms with E-state index in [1.165, 1.54) is 16.9 Å². The topological polar surface area (TPSA) is 83.8 Å². The molecule has 4 aromatic rings. The Labute approximate surface area is 203 Å². The molecule has 2 aromatic carbocycles. The first-order valence-electron chi connectivity index (χ1n) is 11.3. The number of nitrogens with one attached hydrogen (secondary N) is 1. The fourth-order valence-electron chi connectivity index (χ4n) is 4.39. The number of rotatable bonds is 7. The largest absolute Gasteiger partial charge is 0.326 e. The van der Waals surface area contributed by atoms with Crippen LogP contribution in [0.2, 0.25) is 0 Å². The van der Waals surface area contributed by atoms with Crippen LogP contribution in [0.25, 0.3) is 4.96 Å². The maximum atomic E-state index is 13.1. The lowest BCUT2D eigenvalue weighted by Crippen LogP contribution is -2.38. The Morgan fingerprint density at radius 2 is 1.79 bits per heavy atom. The number of imidazole rings is 1. The molecular formula is C25H26N4O3S2. The van der Waals surface area contributed by atoms with E-state index in [4.69, 9.17) is 0 Å². The smallest absolute Gasteiger partial charge is 0.243 e. The molecule has 1 amide bonds. The standard InChI is InChI=1S/C25H26N4O3S2/c30-24(17-22-18-28-14-15-33-25(28)27-22)26-21-6-8-23(9-7-21)34(31,32)29-12-10-20(11-13-29)16-19-4-2-1-3-5-19/h1-9,14-15,18,20H,10-13,16-17H2,(H,26,30). The lowest BCUT2D eigenvalue weighted by Gasteiger charge is -2.31. The van der Waals surface area contributed by atoms with Crippen molar-refractivity contribution in [2.45, 2.75) is 30.6 Å². The number of aromatic nitrogens is 2.